The van der Waals surface area contributed by atoms with Crippen molar-refractivity contribution in [2.24, 2.45) is 5.92 Å². The molecule has 1 atom stereocenters. The van der Waals surface area contributed by atoms with Gasteiger partial charge in [-0.3, -0.25) is 5.32 Å². The lowest BCUT2D eigenvalue weighted by atomic mass is 10.0. The summed E-state index contributed by atoms with van der Waals surface area (Å²) < 4.78 is 6.25. The topological polar surface area (TPSA) is 21.3 Å². The largest absolute Gasteiger partial charge is 0.357 e. The van der Waals surface area contributed by atoms with Crippen molar-refractivity contribution < 1.29 is 4.74 Å². The van der Waals surface area contributed by atoms with Crippen LogP contribution in [-0.2, 0) is 4.74 Å². The van der Waals surface area contributed by atoms with Crippen LogP contribution in [0.2, 0.25) is 0 Å². The first kappa shape index (κ1) is 8.25. The molecule has 1 N–H and O–H groups in total. The first-order valence-corrected chi connectivity index (χ1v) is 5.81. The van der Waals surface area contributed by atoms with Gasteiger partial charge < -0.3 is 4.74 Å². The Hall–Kier alpha value is -0.0800. The van der Waals surface area contributed by atoms with E-state index in [0.29, 0.717) is 6.10 Å². The molecule has 3 aliphatic rings. The lowest BCUT2D eigenvalue weighted by Crippen LogP contribution is -2.53. The monoisotopic (exact) mass is 181 g/mol. The van der Waals surface area contributed by atoms with Gasteiger partial charge in [-0.25, -0.2) is 0 Å². The third kappa shape index (κ3) is 1.50. The molecule has 0 radical (unpaired) electrons. The minimum atomic E-state index is 0.117. The summed E-state index contributed by atoms with van der Waals surface area (Å²) in [6.07, 6.45) is 9.87. The van der Waals surface area contributed by atoms with E-state index in [-0.39, 0.29) is 5.72 Å². The van der Waals surface area contributed by atoms with Crippen LogP contribution >= 0.6 is 0 Å². The molecular formula is C11H19NO. The van der Waals surface area contributed by atoms with Crippen LogP contribution in [0.15, 0.2) is 0 Å². The Bertz CT molecular complexity index is 194. The van der Waals surface area contributed by atoms with Gasteiger partial charge in [0.2, 0.25) is 0 Å². The van der Waals surface area contributed by atoms with Crippen LogP contribution in [0.3, 0.4) is 0 Å². The molecule has 2 aliphatic carbocycles. The molecule has 0 bridgehead atoms. The van der Waals surface area contributed by atoms with Gasteiger partial charge in [-0.15, -0.1) is 0 Å². The average molecular weight is 181 g/mol. The van der Waals surface area contributed by atoms with Crippen LogP contribution in [0.4, 0.5) is 0 Å². The number of ether oxygens (including phenoxy) is 1. The summed E-state index contributed by atoms with van der Waals surface area (Å²) in [7, 11) is 0. The third-order valence-corrected chi connectivity index (χ3v) is 3.81. The van der Waals surface area contributed by atoms with E-state index in [2.05, 4.69) is 5.32 Å². The van der Waals surface area contributed by atoms with Gasteiger partial charge in [0.15, 0.2) is 0 Å². The van der Waals surface area contributed by atoms with E-state index < -0.39 is 0 Å². The standard InChI is InChI=1S/C11H19NO/c1-2-7-11(6-1)12-8-5-10(13-11)9-3-4-9/h9-10,12H,1-8H2. The Labute approximate surface area is 80.0 Å². The van der Waals surface area contributed by atoms with Gasteiger partial charge in [0.05, 0.1) is 6.10 Å². The van der Waals surface area contributed by atoms with Gasteiger partial charge in [0.1, 0.15) is 5.72 Å². The molecule has 1 unspecified atom stereocenters. The SMILES string of the molecule is C1CCC2(C1)NCCC(C1CC1)O2. The summed E-state index contributed by atoms with van der Waals surface area (Å²) in [4.78, 5) is 0. The van der Waals surface area contributed by atoms with Crippen molar-refractivity contribution in [3.63, 3.8) is 0 Å². The van der Waals surface area contributed by atoms with Crippen molar-refractivity contribution in [2.75, 3.05) is 6.54 Å². The zero-order valence-electron chi connectivity index (χ0n) is 8.22. The molecule has 3 rings (SSSR count). The second kappa shape index (κ2) is 2.96. The Morgan fingerprint density at radius 2 is 1.85 bits per heavy atom. The Kier molecular flexibility index (Phi) is 1.88. The van der Waals surface area contributed by atoms with E-state index in [1.54, 1.807) is 0 Å². The molecule has 1 saturated heterocycles. The lowest BCUT2D eigenvalue weighted by Gasteiger charge is -2.40. The zero-order valence-corrected chi connectivity index (χ0v) is 8.22. The fraction of sp³-hybridized carbons (Fsp3) is 1.00. The highest BCUT2D eigenvalue weighted by atomic mass is 16.5. The van der Waals surface area contributed by atoms with Gasteiger partial charge in [0.25, 0.3) is 0 Å². The first-order chi connectivity index (χ1) is 6.38. The average Bonchev–Trinajstić information content (AvgIpc) is 2.91. The summed E-state index contributed by atoms with van der Waals surface area (Å²) >= 11 is 0. The quantitative estimate of drug-likeness (QED) is 0.668. The molecule has 13 heavy (non-hydrogen) atoms. The summed E-state index contributed by atoms with van der Waals surface area (Å²) in [6.45, 7) is 1.18. The predicted octanol–water partition coefficient (Wildman–Crippen LogP) is 2.05. The smallest absolute Gasteiger partial charge is 0.119 e. The molecule has 0 aromatic carbocycles. The van der Waals surface area contributed by atoms with E-state index >= 15 is 0 Å². The van der Waals surface area contributed by atoms with Crippen molar-refractivity contribution in [3.05, 3.63) is 0 Å². The molecule has 0 aromatic heterocycles. The minimum absolute atomic E-state index is 0.117. The first-order valence-electron chi connectivity index (χ1n) is 5.81. The maximum Gasteiger partial charge on any atom is 0.119 e. The van der Waals surface area contributed by atoms with Crippen LogP contribution in [0, 0.1) is 5.92 Å². The number of rotatable bonds is 1. The predicted molar refractivity (Wildman–Crippen MR) is 51.4 cm³/mol. The molecule has 1 aliphatic heterocycles. The molecule has 0 aromatic rings. The Morgan fingerprint density at radius 1 is 1.08 bits per heavy atom. The van der Waals surface area contributed by atoms with Crippen LogP contribution in [0.25, 0.3) is 0 Å². The van der Waals surface area contributed by atoms with E-state index in [9.17, 15) is 0 Å². The van der Waals surface area contributed by atoms with Gasteiger partial charge in [-0.2, -0.15) is 0 Å². The van der Waals surface area contributed by atoms with Crippen molar-refractivity contribution in [3.8, 4) is 0 Å². The molecule has 3 fully saturated rings. The second-order valence-corrected chi connectivity index (χ2v) is 4.91. The van der Waals surface area contributed by atoms with Crippen LogP contribution < -0.4 is 5.32 Å². The fourth-order valence-corrected chi connectivity index (χ4v) is 2.87. The highest BCUT2D eigenvalue weighted by molar-refractivity contribution is 4.93. The summed E-state index contributed by atoms with van der Waals surface area (Å²) in [6, 6.07) is 0. The highest BCUT2D eigenvalue weighted by Crippen LogP contribution is 2.42. The Balaban J connectivity index is 1.68. The number of hydrogen-bond donors (Lipinski definition) is 1. The molecular weight excluding hydrogens is 162 g/mol. The summed E-state index contributed by atoms with van der Waals surface area (Å²) in [5.41, 5.74) is 0.117. The van der Waals surface area contributed by atoms with E-state index in [4.69, 9.17) is 4.74 Å². The van der Waals surface area contributed by atoms with Crippen molar-refractivity contribution >= 4 is 0 Å². The molecule has 1 spiro atoms. The highest BCUT2D eigenvalue weighted by Gasteiger charge is 2.43. The van der Waals surface area contributed by atoms with Gasteiger partial charge in [0, 0.05) is 6.54 Å². The summed E-state index contributed by atoms with van der Waals surface area (Å²) in [5.74, 6) is 0.916. The normalized spacial score (nSPS) is 38.3. The van der Waals surface area contributed by atoms with Crippen molar-refractivity contribution in [2.45, 2.75) is 56.8 Å². The third-order valence-electron chi connectivity index (χ3n) is 3.81. The number of nitrogens with one attached hydrogen (secondary N) is 1. The van der Waals surface area contributed by atoms with Crippen molar-refractivity contribution in [1.82, 2.24) is 5.32 Å². The fourth-order valence-electron chi connectivity index (χ4n) is 2.87. The molecule has 2 nitrogen and oxygen atoms in total. The maximum absolute atomic E-state index is 6.25. The molecule has 2 heteroatoms. The van der Waals surface area contributed by atoms with Gasteiger partial charge in [-0.05, 0) is 50.9 Å². The van der Waals surface area contributed by atoms with E-state index in [1.807, 2.05) is 0 Å². The minimum Gasteiger partial charge on any atom is -0.357 e. The molecule has 2 saturated carbocycles. The number of hydrogen-bond acceptors (Lipinski definition) is 2. The van der Waals surface area contributed by atoms with Gasteiger partial charge in [-0.1, -0.05) is 0 Å². The molecule has 1 heterocycles. The lowest BCUT2D eigenvalue weighted by molar-refractivity contribution is -0.145. The van der Waals surface area contributed by atoms with Gasteiger partial charge >= 0.3 is 0 Å². The molecule has 74 valence electrons. The van der Waals surface area contributed by atoms with Crippen LogP contribution in [-0.4, -0.2) is 18.4 Å². The van der Waals surface area contributed by atoms with Crippen molar-refractivity contribution in [1.29, 1.82) is 0 Å². The summed E-state index contributed by atoms with van der Waals surface area (Å²) in [5, 5.41) is 3.58. The second-order valence-electron chi connectivity index (χ2n) is 4.91. The zero-order chi connectivity index (χ0) is 8.73. The van der Waals surface area contributed by atoms with E-state index in [0.717, 1.165) is 5.92 Å². The van der Waals surface area contributed by atoms with Crippen LogP contribution in [0.1, 0.15) is 44.9 Å². The van der Waals surface area contributed by atoms with E-state index in [1.165, 1.54) is 51.5 Å². The maximum atomic E-state index is 6.25. The Morgan fingerprint density at radius 3 is 2.54 bits per heavy atom. The van der Waals surface area contributed by atoms with Crippen LogP contribution in [0.5, 0.6) is 0 Å². The molecule has 0 amide bonds.